The molecule has 0 aliphatic carbocycles. The van der Waals surface area contributed by atoms with Crippen LogP contribution in [0.25, 0.3) is 0 Å². The van der Waals surface area contributed by atoms with Gasteiger partial charge in [-0.25, -0.2) is 0 Å². The number of hydrogen-bond donors (Lipinski definition) is 1. The normalized spacial score (nSPS) is 28.0. The lowest BCUT2D eigenvalue weighted by molar-refractivity contribution is 0.423. The molecule has 2 unspecified atom stereocenters. The second kappa shape index (κ2) is 4.39. The number of thiocarbonyl (C=S) groups is 1. The second-order valence-corrected chi connectivity index (χ2v) is 5.88. The van der Waals surface area contributed by atoms with Crippen molar-refractivity contribution in [3.8, 4) is 6.07 Å². The SMILES string of the molecule is Cc1ccc(C2C(C)(C)N=NC2(C#N)C(N)=S)cc1. The summed E-state index contributed by atoms with van der Waals surface area (Å²) in [6.07, 6.45) is 0. The van der Waals surface area contributed by atoms with E-state index in [0.717, 1.165) is 11.1 Å². The lowest BCUT2D eigenvalue weighted by Gasteiger charge is -2.31. The Morgan fingerprint density at radius 1 is 1.32 bits per heavy atom. The molecule has 0 radical (unpaired) electrons. The van der Waals surface area contributed by atoms with Gasteiger partial charge in [-0.15, -0.1) is 0 Å². The Morgan fingerprint density at radius 3 is 2.37 bits per heavy atom. The molecule has 98 valence electrons. The number of nitriles is 1. The topological polar surface area (TPSA) is 74.5 Å². The highest BCUT2D eigenvalue weighted by molar-refractivity contribution is 7.80. The molecule has 1 aliphatic heterocycles. The molecule has 1 aromatic carbocycles. The second-order valence-electron chi connectivity index (χ2n) is 5.44. The van der Waals surface area contributed by atoms with Gasteiger partial charge in [0.25, 0.3) is 0 Å². The Labute approximate surface area is 118 Å². The molecule has 0 saturated heterocycles. The van der Waals surface area contributed by atoms with Gasteiger partial charge in [0.05, 0.1) is 11.5 Å². The molecule has 0 fully saturated rings. The maximum atomic E-state index is 9.53. The molecular weight excluding hydrogens is 256 g/mol. The van der Waals surface area contributed by atoms with Crippen molar-refractivity contribution in [2.45, 2.75) is 37.8 Å². The number of rotatable bonds is 2. The molecule has 1 heterocycles. The van der Waals surface area contributed by atoms with Crippen molar-refractivity contribution >= 4 is 17.2 Å². The van der Waals surface area contributed by atoms with E-state index >= 15 is 0 Å². The zero-order chi connectivity index (χ0) is 14.3. The molecule has 2 N–H and O–H groups in total. The summed E-state index contributed by atoms with van der Waals surface area (Å²) in [5, 5.41) is 17.9. The minimum absolute atomic E-state index is 0.0786. The molecule has 19 heavy (non-hydrogen) atoms. The van der Waals surface area contributed by atoms with E-state index < -0.39 is 11.1 Å². The van der Waals surface area contributed by atoms with Crippen LogP contribution < -0.4 is 5.73 Å². The third kappa shape index (κ3) is 2.02. The maximum Gasteiger partial charge on any atom is 0.225 e. The van der Waals surface area contributed by atoms with Gasteiger partial charge < -0.3 is 5.73 Å². The van der Waals surface area contributed by atoms with E-state index in [1.54, 1.807) is 0 Å². The quantitative estimate of drug-likeness (QED) is 0.841. The van der Waals surface area contributed by atoms with Crippen LogP contribution in [0, 0.1) is 18.3 Å². The van der Waals surface area contributed by atoms with Gasteiger partial charge >= 0.3 is 0 Å². The molecule has 0 aromatic heterocycles. The number of nitrogens with two attached hydrogens (primary N) is 1. The minimum Gasteiger partial charge on any atom is -0.390 e. The molecule has 1 aromatic rings. The summed E-state index contributed by atoms with van der Waals surface area (Å²) in [5.41, 5.74) is 6.17. The first-order chi connectivity index (χ1) is 8.83. The highest BCUT2D eigenvalue weighted by atomic mass is 32.1. The van der Waals surface area contributed by atoms with Crippen LogP contribution in [0.4, 0.5) is 0 Å². The van der Waals surface area contributed by atoms with Crippen LogP contribution in [-0.4, -0.2) is 16.1 Å². The minimum atomic E-state index is -1.24. The van der Waals surface area contributed by atoms with Crippen LogP contribution in [0.2, 0.25) is 0 Å². The average molecular weight is 272 g/mol. The average Bonchev–Trinajstić information content (AvgIpc) is 2.63. The van der Waals surface area contributed by atoms with Gasteiger partial charge in [0.1, 0.15) is 11.1 Å². The summed E-state index contributed by atoms with van der Waals surface area (Å²) < 4.78 is 0. The van der Waals surface area contributed by atoms with E-state index in [1.165, 1.54) is 0 Å². The van der Waals surface area contributed by atoms with Crippen LogP contribution in [-0.2, 0) is 0 Å². The van der Waals surface area contributed by atoms with E-state index in [-0.39, 0.29) is 10.9 Å². The van der Waals surface area contributed by atoms with Gasteiger partial charge in [-0.2, -0.15) is 15.5 Å². The summed E-state index contributed by atoms with van der Waals surface area (Å²) in [6.45, 7) is 5.90. The molecule has 0 bridgehead atoms. The standard InChI is InChI=1S/C14H16N4S/c1-9-4-6-10(7-5-9)11-13(2,3)17-18-14(11,8-15)12(16)19/h4-7,11H,1-3H3,(H2,16,19). The van der Waals surface area contributed by atoms with E-state index in [1.807, 2.05) is 45.0 Å². The first kappa shape index (κ1) is 13.6. The highest BCUT2D eigenvalue weighted by Gasteiger charge is 2.55. The lowest BCUT2D eigenvalue weighted by Crippen LogP contribution is -2.47. The third-order valence-electron chi connectivity index (χ3n) is 3.55. The van der Waals surface area contributed by atoms with E-state index in [9.17, 15) is 5.26 Å². The van der Waals surface area contributed by atoms with Gasteiger partial charge in [-0.1, -0.05) is 42.0 Å². The van der Waals surface area contributed by atoms with Crippen molar-refractivity contribution < 1.29 is 0 Å². The van der Waals surface area contributed by atoms with Crippen molar-refractivity contribution in [1.82, 2.24) is 0 Å². The largest absolute Gasteiger partial charge is 0.390 e. The molecule has 0 saturated carbocycles. The number of benzene rings is 1. The van der Waals surface area contributed by atoms with Gasteiger partial charge in [-0.3, -0.25) is 0 Å². The van der Waals surface area contributed by atoms with Crippen molar-refractivity contribution in [3.63, 3.8) is 0 Å². The Hall–Kier alpha value is -1.80. The maximum absolute atomic E-state index is 9.53. The molecule has 1 aliphatic rings. The number of aryl methyl sites for hydroxylation is 1. The summed E-state index contributed by atoms with van der Waals surface area (Å²) in [6, 6.07) is 10.2. The van der Waals surface area contributed by atoms with Crippen LogP contribution in [0.3, 0.4) is 0 Å². The van der Waals surface area contributed by atoms with E-state index in [4.69, 9.17) is 18.0 Å². The van der Waals surface area contributed by atoms with Crippen LogP contribution >= 0.6 is 12.2 Å². The third-order valence-corrected chi connectivity index (χ3v) is 3.86. The van der Waals surface area contributed by atoms with E-state index in [2.05, 4.69) is 16.3 Å². The molecule has 2 rings (SSSR count). The smallest absolute Gasteiger partial charge is 0.225 e. The number of hydrogen-bond acceptors (Lipinski definition) is 4. The van der Waals surface area contributed by atoms with Gasteiger partial charge in [0, 0.05) is 0 Å². The summed E-state index contributed by atoms with van der Waals surface area (Å²) in [4.78, 5) is 0.0786. The molecule has 4 nitrogen and oxygen atoms in total. The Balaban J connectivity index is 2.60. The molecule has 2 atom stereocenters. The summed E-state index contributed by atoms with van der Waals surface area (Å²) in [7, 11) is 0. The van der Waals surface area contributed by atoms with Crippen molar-refractivity contribution in [2.75, 3.05) is 0 Å². The van der Waals surface area contributed by atoms with Gasteiger partial charge in [-0.05, 0) is 26.3 Å². The molecule has 0 spiro atoms. The van der Waals surface area contributed by atoms with Gasteiger partial charge in [0.15, 0.2) is 0 Å². The predicted octanol–water partition coefficient (Wildman–Crippen LogP) is 2.87. The first-order valence-corrected chi connectivity index (χ1v) is 6.46. The lowest BCUT2D eigenvalue weighted by atomic mass is 9.71. The molecule has 0 amide bonds. The summed E-state index contributed by atoms with van der Waals surface area (Å²) >= 11 is 5.07. The van der Waals surface area contributed by atoms with Crippen molar-refractivity contribution in [1.29, 1.82) is 5.26 Å². The van der Waals surface area contributed by atoms with E-state index in [0.29, 0.717) is 0 Å². The molecule has 5 heteroatoms. The van der Waals surface area contributed by atoms with Crippen LogP contribution in [0.15, 0.2) is 34.5 Å². The van der Waals surface area contributed by atoms with Crippen LogP contribution in [0.1, 0.15) is 30.9 Å². The fourth-order valence-corrected chi connectivity index (χ4v) is 2.78. The zero-order valence-electron chi connectivity index (χ0n) is 11.2. The zero-order valence-corrected chi connectivity index (χ0v) is 12.0. The van der Waals surface area contributed by atoms with Crippen molar-refractivity contribution in [3.05, 3.63) is 35.4 Å². The Morgan fingerprint density at radius 2 is 1.89 bits per heavy atom. The summed E-state index contributed by atoms with van der Waals surface area (Å²) in [5.74, 6) is -0.261. The fraction of sp³-hybridized carbons (Fsp3) is 0.429. The van der Waals surface area contributed by atoms with Gasteiger partial charge in [0.2, 0.25) is 5.54 Å². The Bertz CT molecular complexity index is 582. The predicted molar refractivity (Wildman–Crippen MR) is 78.0 cm³/mol. The number of azo groups is 1. The highest BCUT2D eigenvalue weighted by Crippen LogP contribution is 2.47. The molecular formula is C14H16N4S. The van der Waals surface area contributed by atoms with Crippen molar-refractivity contribution in [2.24, 2.45) is 16.0 Å². The fourth-order valence-electron chi connectivity index (χ4n) is 2.58. The Kier molecular flexibility index (Phi) is 3.15. The number of nitrogens with zero attached hydrogens (tertiary/aromatic N) is 3. The van der Waals surface area contributed by atoms with Crippen LogP contribution in [0.5, 0.6) is 0 Å². The monoisotopic (exact) mass is 272 g/mol. The first-order valence-electron chi connectivity index (χ1n) is 6.05.